The molecule has 0 aromatic carbocycles. The van der Waals surface area contributed by atoms with Gasteiger partial charge in [-0.1, -0.05) is 32.6 Å². The Hall–Kier alpha value is -0.860. The lowest BCUT2D eigenvalue weighted by atomic mass is 10.1. The topological polar surface area (TPSA) is 38.7 Å². The van der Waals surface area contributed by atoms with Crippen molar-refractivity contribution in [3.8, 4) is 0 Å². The molecule has 68 valence electrons. The number of aliphatic imine (C=N–C) groups is 1. The maximum absolute atomic E-state index is 10.9. The highest BCUT2D eigenvalue weighted by Gasteiger charge is 2.11. The molecule has 1 aliphatic rings. The van der Waals surface area contributed by atoms with E-state index in [-0.39, 0.29) is 12.0 Å². The first kappa shape index (κ1) is 9.23. The van der Waals surface area contributed by atoms with Crippen LogP contribution in [-0.4, -0.2) is 18.4 Å². The second kappa shape index (κ2) is 4.91. The van der Waals surface area contributed by atoms with Gasteiger partial charge in [0, 0.05) is 6.40 Å². The van der Waals surface area contributed by atoms with Crippen LogP contribution in [0.5, 0.6) is 0 Å². The van der Waals surface area contributed by atoms with Gasteiger partial charge >= 0.3 is 0 Å². The summed E-state index contributed by atoms with van der Waals surface area (Å²) < 4.78 is 4.88. The summed E-state index contributed by atoms with van der Waals surface area (Å²) in [4.78, 5) is 14.3. The zero-order chi connectivity index (χ0) is 8.81. The zero-order valence-electron chi connectivity index (χ0n) is 7.38. The number of hydrogen-bond acceptors (Lipinski definition) is 2. The third kappa shape index (κ3) is 2.64. The minimum atomic E-state index is -0.332. The predicted molar refractivity (Wildman–Crippen MR) is 46.1 cm³/mol. The van der Waals surface area contributed by atoms with E-state index in [9.17, 15) is 4.79 Å². The maximum atomic E-state index is 10.9. The van der Waals surface area contributed by atoms with E-state index in [1.165, 1.54) is 19.3 Å². The fourth-order valence-corrected chi connectivity index (χ4v) is 1.20. The first-order valence-electron chi connectivity index (χ1n) is 4.50. The third-order valence-corrected chi connectivity index (χ3v) is 1.95. The molecule has 0 N–H and O–H groups in total. The van der Waals surface area contributed by atoms with Gasteiger partial charge in [0.05, 0.1) is 6.10 Å². The van der Waals surface area contributed by atoms with Crippen LogP contribution in [0.2, 0.25) is 0 Å². The molecule has 1 aliphatic heterocycles. The van der Waals surface area contributed by atoms with E-state index in [2.05, 4.69) is 18.3 Å². The molecule has 0 unspecified atom stereocenters. The summed E-state index contributed by atoms with van der Waals surface area (Å²) >= 11 is 0. The SMILES string of the molecule is CCCCCC[C@H]1O[C-]=NC1=O. The highest BCUT2D eigenvalue weighted by Crippen LogP contribution is 2.11. The third-order valence-electron chi connectivity index (χ3n) is 1.95. The molecule has 0 radical (unpaired) electrons. The van der Waals surface area contributed by atoms with E-state index in [0.717, 1.165) is 12.8 Å². The van der Waals surface area contributed by atoms with Crippen LogP contribution in [0.15, 0.2) is 4.99 Å². The maximum Gasteiger partial charge on any atom is 0.127 e. The molecule has 3 nitrogen and oxygen atoms in total. The zero-order valence-corrected chi connectivity index (χ0v) is 7.38. The standard InChI is InChI=1S/C9H14NO2/c1-2-3-4-5-6-8-9(11)10-7-12-8/h8H,2-6H2,1H3/q-1/t8-/m1/s1. The van der Waals surface area contributed by atoms with Crippen molar-refractivity contribution in [3.05, 3.63) is 0 Å². The molecule has 0 bridgehead atoms. The molecule has 3 heteroatoms. The number of unbranched alkanes of at least 4 members (excludes halogenated alkanes) is 3. The minimum Gasteiger partial charge on any atom is -0.578 e. The molecule has 1 heterocycles. The van der Waals surface area contributed by atoms with Gasteiger partial charge in [0.15, 0.2) is 0 Å². The number of hydrogen-bond donors (Lipinski definition) is 0. The second-order valence-electron chi connectivity index (χ2n) is 3.00. The van der Waals surface area contributed by atoms with Gasteiger partial charge in [-0.3, -0.25) is 0 Å². The number of amides is 1. The van der Waals surface area contributed by atoms with Gasteiger partial charge < -0.3 is 14.5 Å². The van der Waals surface area contributed by atoms with Crippen molar-refractivity contribution >= 4 is 12.3 Å². The number of ether oxygens (including phenoxy) is 1. The summed E-state index contributed by atoms with van der Waals surface area (Å²) in [5.74, 6) is -0.175. The van der Waals surface area contributed by atoms with E-state index in [4.69, 9.17) is 4.74 Å². The van der Waals surface area contributed by atoms with Gasteiger partial charge in [-0.05, 0) is 6.42 Å². The highest BCUT2D eigenvalue weighted by atomic mass is 16.5. The molecule has 0 aromatic heterocycles. The molecule has 0 aliphatic carbocycles. The smallest absolute Gasteiger partial charge is 0.127 e. The first-order valence-corrected chi connectivity index (χ1v) is 4.50. The highest BCUT2D eigenvalue weighted by molar-refractivity contribution is 5.91. The van der Waals surface area contributed by atoms with Crippen molar-refractivity contribution in [2.45, 2.75) is 45.1 Å². The number of nitrogens with zero attached hydrogens (tertiary/aromatic N) is 1. The Bertz CT molecular complexity index is 177. The monoisotopic (exact) mass is 168 g/mol. The lowest BCUT2D eigenvalue weighted by Gasteiger charge is -2.12. The van der Waals surface area contributed by atoms with Crippen molar-refractivity contribution < 1.29 is 9.53 Å². The van der Waals surface area contributed by atoms with E-state index in [1.54, 1.807) is 0 Å². The van der Waals surface area contributed by atoms with Crippen LogP contribution in [0, 0.1) is 0 Å². The number of carbonyl (C=O) groups is 1. The quantitative estimate of drug-likeness (QED) is 0.463. The van der Waals surface area contributed by atoms with Crippen LogP contribution in [0.3, 0.4) is 0 Å². The molecular weight excluding hydrogens is 154 g/mol. The number of carbonyl (C=O) groups excluding carboxylic acids is 1. The van der Waals surface area contributed by atoms with E-state index >= 15 is 0 Å². The predicted octanol–water partition coefficient (Wildman–Crippen LogP) is 1.79. The van der Waals surface area contributed by atoms with E-state index < -0.39 is 0 Å². The van der Waals surface area contributed by atoms with Gasteiger partial charge in [0.25, 0.3) is 0 Å². The Labute approximate surface area is 72.8 Å². The second-order valence-corrected chi connectivity index (χ2v) is 3.00. The van der Waals surface area contributed by atoms with Crippen molar-refractivity contribution in [1.82, 2.24) is 0 Å². The summed E-state index contributed by atoms with van der Waals surface area (Å²) in [6.07, 6.45) is 7.35. The minimum absolute atomic E-state index is 0.175. The molecular formula is C9H14NO2-. The summed E-state index contributed by atoms with van der Waals surface area (Å²) in [7, 11) is 0. The Morgan fingerprint density at radius 3 is 2.92 bits per heavy atom. The van der Waals surface area contributed by atoms with Gasteiger partial charge in [-0.2, -0.15) is 0 Å². The van der Waals surface area contributed by atoms with Gasteiger partial charge in [0.1, 0.15) is 5.91 Å². The lowest BCUT2D eigenvalue weighted by Crippen LogP contribution is -2.15. The Morgan fingerprint density at radius 1 is 1.50 bits per heavy atom. The molecule has 12 heavy (non-hydrogen) atoms. The molecule has 1 amide bonds. The van der Waals surface area contributed by atoms with Crippen molar-refractivity contribution in [1.29, 1.82) is 0 Å². The summed E-state index contributed by atoms with van der Waals surface area (Å²) in [6, 6.07) is 0. The van der Waals surface area contributed by atoms with Crippen LogP contribution in [0.1, 0.15) is 39.0 Å². The Morgan fingerprint density at radius 2 is 2.33 bits per heavy atom. The fraction of sp³-hybridized carbons (Fsp3) is 0.778. The van der Waals surface area contributed by atoms with Crippen molar-refractivity contribution in [3.63, 3.8) is 0 Å². The normalized spacial score (nSPS) is 21.4. The van der Waals surface area contributed by atoms with Crippen LogP contribution >= 0.6 is 0 Å². The van der Waals surface area contributed by atoms with Crippen LogP contribution in [0.4, 0.5) is 0 Å². The van der Waals surface area contributed by atoms with Gasteiger partial charge in [-0.25, -0.2) is 0 Å². The lowest BCUT2D eigenvalue weighted by molar-refractivity contribution is -0.122. The molecule has 1 rings (SSSR count). The largest absolute Gasteiger partial charge is 0.578 e. The summed E-state index contributed by atoms with van der Waals surface area (Å²) in [5, 5.41) is 0. The van der Waals surface area contributed by atoms with E-state index in [1.807, 2.05) is 0 Å². The molecule has 0 spiro atoms. The molecule has 0 aromatic rings. The van der Waals surface area contributed by atoms with Crippen molar-refractivity contribution in [2.24, 2.45) is 4.99 Å². The molecule has 0 fully saturated rings. The summed E-state index contributed by atoms with van der Waals surface area (Å²) in [6.45, 7) is 2.16. The van der Waals surface area contributed by atoms with E-state index in [0.29, 0.717) is 0 Å². The Balaban J connectivity index is 2.04. The Kier molecular flexibility index (Phi) is 3.77. The molecule has 1 atom stereocenters. The van der Waals surface area contributed by atoms with Crippen LogP contribution in [0.25, 0.3) is 0 Å². The average Bonchev–Trinajstić information content (AvgIpc) is 2.46. The van der Waals surface area contributed by atoms with Crippen LogP contribution < -0.4 is 0 Å². The van der Waals surface area contributed by atoms with Gasteiger partial charge in [0.2, 0.25) is 0 Å². The van der Waals surface area contributed by atoms with Crippen molar-refractivity contribution in [2.75, 3.05) is 0 Å². The molecule has 0 saturated carbocycles. The molecule has 0 saturated heterocycles. The average molecular weight is 168 g/mol. The fourth-order valence-electron chi connectivity index (χ4n) is 1.20. The van der Waals surface area contributed by atoms with Crippen LogP contribution in [-0.2, 0) is 9.53 Å². The van der Waals surface area contributed by atoms with Gasteiger partial charge in [-0.15, -0.1) is 0 Å². The number of rotatable bonds is 5. The summed E-state index contributed by atoms with van der Waals surface area (Å²) in [5.41, 5.74) is 0. The first-order chi connectivity index (χ1) is 5.84.